The monoisotopic (exact) mass is 194 g/mol. The third-order valence-electron chi connectivity index (χ3n) is 2.32. The van der Waals surface area contributed by atoms with Gasteiger partial charge in [-0.15, -0.1) is 0 Å². The average Bonchev–Trinajstić information content (AvgIpc) is 2.63. The highest BCUT2D eigenvalue weighted by molar-refractivity contribution is 5.03. The Bertz CT molecular complexity index is 279. The lowest BCUT2D eigenvalue weighted by atomic mass is 10.2. The molecule has 0 aromatic carbocycles. The number of hydrogen-bond acceptors (Lipinski definition) is 4. The van der Waals surface area contributed by atoms with Crippen LogP contribution in [0, 0.1) is 0 Å². The van der Waals surface area contributed by atoms with Crippen molar-refractivity contribution in [1.82, 2.24) is 10.3 Å². The molecule has 2 atom stereocenters. The van der Waals surface area contributed by atoms with Crippen LogP contribution in [0.25, 0.3) is 0 Å². The van der Waals surface area contributed by atoms with Gasteiger partial charge in [0.2, 0.25) is 0 Å². The molecule has 0 aliphatic carbocycles. The van der Waals surface area contributed by atoms with Crippen molar-refractivity contribution in [3.8, 4) is 0 Å². The Morgan fingerprint density at radius 1 is 1.50 bits per heavy atom. The Hall–Kier alpha value is -0.970. The van der Waals surface area contributed by atoms with Gasteiger partial charge in [-0.3, -0.25) is 4.98 Å². The zero-order valence-corrected chi connectivity index (χ0v) is 7.89. The molecule has 4 heteroatoms. The van der Waals surface area contributed by atoms with Crippen LogP contribution < -0.4 is 5.32 Å². The fourth-order valence-electron chi connectivity index (χ4n) is 1.48. The highest BCUT2D eigenvalue weighted by Gasteiger charge is 2.25. The zero-order valence-electron chi connectivity index (χ0n) is 7.89. The van der Waals surface area contributed by atoms with Gasteiger partial charge in [-0.2, -0.15) is 0 Å². The topological polar surface area (TPSA) is 54.4 Å². The van der Waals surface area contributed by atoms with E-state index in [4.69, 9.17) is 4.74 Å². The molecule has 2 unspecified atom stereocenters. The van der Waals surface area contributed by atoms with Crippen LogP contribution in [0.2, 0.25) is 0 Å². The summed E-state index contributed by atoms with van der Waals surface area (Å²) in [6.07, 6.45) is 1.37. The third kappa shape index (κ3) is 2.29. The van der Waals surface area contributed by atoms with Crippen molar-refractivity contribution >= 4 is 0 Å². The van der Waals surface area contributed by atoms with E-state index in [0.717, 1.165) is 5.69 Å². The molecule has 0 radical (unpaired) electrons. The molecule has 1 aliphatic rings. The first-order valence-electron chi connectivity index (χ1n) is 4.75. The number of ether oxygens (including phenoxy) is 1. The maximum atomic E-state index is 9.46. The molecule has 0 amide bonds. The average molecular weight is 194 g/mol. The van der Waals surface area contributed by atoms with E-state index in [2.05, 4.69) is 10.3 Å². The fraction of sp³-hybridized carbons (Fsp3) is 0.500. The molecule has 0 spiro atoms. The van der Waals surface area contributed by atoms with Crippen molar-refractivity contribution in [2.24, 2.45) is 0 Å². The van der Waals surface area contributed by atoms with Crippen LogP contribution in [-0.2, 0) is 11.3 Å². The second kappa shape index (κ2) is 4.50. The Labute approximate surface area is 82.9 Å². The molecular weight excluding hydrogens is 180 g/mol. The third-order valence-corrected chi connectivity index (χ3v) is 2.32. The lowest BCUT2D eigenvalue weighted by molar-refractivity contribution is 0.122. The van der Waals surface area contributed by atoms with Crippen LogP contribution >= 0.6 is 0 Å². The van der Waals surface area contributed by atoms with Crippen molar-refractivity contribution in [3.63, 3.8) is 0 Å². The van der Waals surface area contributed by atoms with Crippen LogP contribution in [0.1, 0.15) is 5.69 Å². The van der Waals surface area contributed by atoms with Gasteiger partial charge in [0.1, 0.15) is 0 Å². The van der Waals surface area contributed by atoms with E-state index in [1.165, 1.54) is 0 Å². The molecule has 2 N–H and O–H groups in total. The van der Waals surface area contributed by atoms with E-state index in [-0.39, 0.29) is 6.04 Å². The van der Waals surface area contributed by atoms with E-state index in [9.17, 15) is 5.11 Å². The lowest BCUT2D eigenvalue weighted by Crippen LogP contribution is -2.38. The number of aromatic nitrogens is 1. The minimum atomic E-state index is -0.390. The molecule has 1 aliphatic heterocycles. The number of hydrogen-bond donors (Lipinski definition) is 2. The molecule has 2 rings (SSSR count). The SMILES string of the molecule is OC1COCC1NCc1ccccn1. The second-order valence-electron chi connectivity index (χ2n) is 3.41. The summed E-state index contributed by atoms with van der Waals surface area (Å²) in [7, 11) is 0. The van der Waals surface area contributed by atoms with Gasteiger partial charge in [-0.1, -0.05) is 6.07 Å². The van der Waals surface area contributed by atoms with E-state index in [0.29, 0.717) is 19.8 Å². The summed E-state index contributed by atoms with van der Waals surface area (Å²) >= 11 is 0. The number of nitrogens with one attached hydrogen (secondary N) is 1. The number of rotatable bonds is 3. The van der Waals surface area contributed by atoms with Crippen LogP contribution in [0.15, 0.2) is 24.4 Å². The normalized spacial score (nSPS) is 26.6. The summed E-state index contributed by atoms with van der Waals surface area (Å²) in [5, 5.41) is 12.7. The molecule has 1 saturated heterocycles. The van der Waals surface area contributed by atoms with Gasteiger partial charge < -0.3 is 15.2 Å². The number of aliphatic hydroxyl groups is 1. The molecule has 1 aromatic rings. The molecule has 4 nitrogen and oxygen atoms in total. The summed E-state index contributed by atoms with van der Waals surface area (Å²) in [6.45, 7) is 1.68. The van der Waals surface area contributed by atoms with Crippen molar-refractivity contribution in [2.45, 2.75) is 18.7 Å². The first-order chi connectivity index (χ1) is 6.86. The molecule has 0 saturated carbocycles. The zero-order chi connectivity index (χ0) is 9.80. The smallest absolute Gasteiger partial charge is 0.0948 e. The largest absolute Gasteiger partial charge is 0.389 e. The van der Waals surface area contributed by atoms with E-state index in [1.54, 1.807) is 6.20 Å². The van der Waals surface area contributed by atoms with Crippen molar-refractivity contribution in [1.29, 1.82) is 0 Å². The van der Waals surface area contributed by atoms with Crippen molar-refractivity contribution < 1.29 is 9.84 Å². The van der Waals surface area contributed by atoms with Crippen LogP contribution in [-0.4, -0.2) is 35.5 Å². The summed E-state index contributed by atoms with van der Waals surface area (Å²) in [5.74, 6) is 0. The standard InChI is InChI=1S/C10H14N2O2/c13-10-7-14-6-9(10)12-5-8-3-1-2-4-11-8/h1-4,9-10,12-13H,5-7H2. The summed E-state index contributed by atoms with van der Waals surface area (Å²) in [5.41, 5.74) is 0.978. The first kappa shape index (κ1) is 9.58. The first-order valence-corrected chi connectivity index (χ1v) is 4.75. The van der Waals surface area contributed by atoms with E-state index in [1.807, 2.05) is 18.2 Å². The molecule has 0 bridgehead atoms. The van der Waals surface area contributed by atoms with Crippen LogP contribution in [0.4, 0.5) is 0 Å². The lowest BCUT2D eigenvalue weighted by Gasteiger charge is -2.13. The Morgan fingerprint density at radius 3 is 3.07 bits per heavy atom. The second-order valence-corrected chi connectivity index (χ2v) is 3.41. The quantitative estimate of drug-likeness (QED) is 0.707. The summed E-state index contributed by atoms with van der Waals surface area (Å²) in [4.78, 5) is 4.18. The molecular formula is C10H14N2O2. The molecule has 2 heterocycles. The summed E-state index contributed by atoms with van der Waals surface area (Å²) < 4.78 is 5.12. The van der Waals surface area contributed by atoms with Gasteiger partial charge in [0.25, 0.3) is 0 Å². The predicted octanol–water partition coefficient (Wildman–Crippen LogP) is -0.0691. The highest BCUT2D eigenvalue weighted by Crippen LogP contribution is 2.05. The van der Waals surface area contributed by atoms with Crippen LogP contribution in [0.5, 0.6) is 0 Å². The van der Waals surface area contributed by atoms with Gasteiger partial charge >= 0.3 is 0 Å². The molecule has 1 aromatic heterocycles. The number of nitrogens with zero attached hydrogens (tertiary/aromatic N) is 1. The highest BCUT2D eigenvalue weighted by atomic mass is 16.5. The van der Waals surface area contributed by atoms with Gasteiger partial charge in [0.15, 0.2) is 0 Å². The fourth-order valence-corrected chi connectivity index (χ4v) is 1.48. The van der Waals surface area contributed by atoms with Gasteiger partial charge in [0, 0.05) is 12.7 Å². The maximum absolute atomic E-state index is 9.46. The van der Waals surface area contributed by atoms with E-state index < -0.39 is 6.10 Å². The Balaban J connectivity index is 1.82. The van der Waals surface area contributed by atoms with Gasteiger partial charge in [0.05, 0.1) is 31.1 Å². The van der Waals surface area contributed by atoms with Crippen molar-refractivity contribution in [2.75, 3.05) is 13.2 Å². The maximum Gasteiger partial charge on any atom is 0.0948 e. The molecule has 14 heavy (non-hydrogen) atoms. The number of pyridine rings is 1. The number of aliphatic hydroxyl groups excluding tert-OH is 1. The van der Waals surface area contributed by atoms with Gasteiger partial charge in [-0.05, 0) is 12.1 Å². The predicted molar refractivity (Wildman–Crippen MR) is 51.7 cm³/mol. The summed E-state index contributed by atoms with van der Waals surface area (Å²) in [6, 6.07) is 5.83. The minimum absolute atomic E-state index is 0.0389. The minimum Gasteiger partial charge on any atom is -0.389 e. The van der Waals surface area contributed by atoms with Gasteiger partial charge in [-0.25, -0.2) is 0 Å². The van der Waals surface area contributed by atoms with E-state index >= 15 is 0 Å². The van der Waals surface area contributed by atoms with Crippen molar-refractivity contribution in [3.05, 3.63) is 30.1 Å². The van der Waals surface area contributed by atoms with Crippen LogP contribution in [0.3, 0.4) is 0 Å². The molecule has 76 valence electrons. The Kier molecular flexibility index (Phi) is 3.08. The molecule has 1 fully saturated rings. The Morgan fingerprint density at radius 2 is 2.43 bits per heavy atom.